The van der Waals surface area contributed by atoms with Gasteiger partial charge in [-0.25, -0.2) is 0 Å². The molecule has 3 heteroatoms. The fraction of sp³-hybridized carbons (Fsp3) is 0.571. The lowest BCUT2D eigenvalue weighted by Crippen LogP contribution is -2.30. The fourth-order valence-corrected chi connectivity index (χ4v) is 2.74. The number of ether oxygens (including phenoxy) is 1. The molecule has 2 rings (SSSR count). The molecule has 2 unspecified atom stereocenters. The molecule has 2 nitrogen and oxygen atoms in total. The lowest BCUT2D eigenvalue weighted by molar-refractivity contribution is 0.181. The van der Waals surface area contributed by atoms with Crippen molar-refractivity contribution in [1.29, 1.82) is 0 Å². The molecular formula is C14H20INO. The van der Waals surface area contributed by atoms with Crippen molar-refractivity contribution in [3.8, 4) is 0 Å². The van der Waals surface area contributed by atoms with Gasteiger partial charge in [0.05, 0.1) is 0 Å². The van der Waals surface area contributed by atoms with Crippen molar-refractivity contribution in [2.75, 3.05) is 20.3 Å². The summed E-state index contributed by atoms with van der Waals surface area (Å²) in [4.78, 5) is 0. The SMILES string of the molecule is CNC(Cc1ccc(I)cc1)CC1CCOC1. The second-order valence-corrected chi connectivity index (χ2v) is 6.03. The van der Waals surface area contributed by atoms with Crippen molar-refractivity contribution in [3.05, 3.63) is 33.4 Å². The first-order valence-electron chi connectivity index (χ1n) is 6.27. The Hall–Kier alpha value is -0.130. The molecule has 1 fully saturated rings. The van der Waals surface area contributed by atoms with Crippen LogP contribution in [0.15, 0.2) is 24.3 Å². The Labute approximate surface area is 117 Å². The normalized spacial score (nSPS) is 21.6. The highest BCUT2D eigenvalue weighted by molar-refractivity contribution is 14.1. The lowest BCUT2D eigenvalue weighted by Gasteiger charge is -2.19. The van der Waals surface area contributed by atoms with E-state index in [1.807, 2.05) is 0 Å². The Morgan fingerprint density at radius 1 is 1.41 bits per heavy atom. The predicted octanol–water partition coefficient (Wildman–Crippen LogP) is 2.85. The molecule has 1 aliphatic rings. The lowest BCUT2D eigenvalue weighted by atomic mass is 9.95. The topological polar surface area (TPSA) is 21.3 Å². The zero-order valence-corrected chi connectivity index (χ0v) is 12.4. The van der Waals surface area contributed by atoms with E-state index in [1.54, 1.807) is 0 Å². The van der Waals surface area contributed by atoms with E-state index in [9.17, 15) is 0 Å². The van der Waals surface area contributed by atoms with Crippen LogP contribution < -0.4 is 5.32 Å². The number of hydrogen-bond acceptors (Lipinski definition) is 2. The molecular weight excluding hydrogens is 325 g/mol. The maximum atomic E-state index is 5.44. The third-order valence-corrected chi connectivity index (χ3v) is 4.16. The van der Waals surface area contributed by atoms with Crippen LogP contribution >= 0.6 is 22.6 Å². The van der Waals surface area contributed by atoms with E-state index in [-0.39, 0.29) is 0 Å². The Morgan fingerprint density at radius 2 is 2.18 bits per heavy atom. The van der Waals surface area contributed by atoms with Gasteiger partial charge in [0, 0.05) is 22.8 Å². The second kappa shape index (κ2) is 6.71. The van der Waals surface area contributed by atoms with E-state index in [0.717, 1.165) is 25.6 Å². The van der Waals surface area contributed by atoms with E-state index in [0.29, 0.717) is 6.04 Å². The number of nitrogens with one attached hydrogen (secondary N) is 1. The van der Waals surface area contributed by atoms with Gasteiger partial charge in [0.1, 0.15) is 0 Å². The predicted molar refractivity (Wildman–Crippen MR) is 79.3 cm³/mol. The van der Waals surface area contributed by atoms with Gasteiger partial charge in [-0.05, 0) is 72.5 Å². The summed E-state index contributed by atoms with van der Waals surface area (Å²) < 4.78 is 6.74. The third-order valence-electron chi connectivity index (χ3n) is 3.45. The minimum Gasteiger partial charge on any atom is -0.381 e. The van der Waals surface area contributed by atoms with Crippen molar-refractivity contribution >= 4 is 22.6 Å². The molecule has 1 aromatic carbocycles. The molecule has 1 aliphatic heterocycles. The number of rotatable bonds is 5. The van der Waals surface area contributed by atoms with Gasteiger partial charge in [-0.1, -0.05) is 12.1 Å². The molecule has 0 radical (unpaired) electrons. The van der Waals surface area contributed by atoms with Crippen LogP contribution in [0.5, 0.6) is 0 Å². The maximum absolute atomic E-state index is 5.44. The summed E-state index contributed by atoms with van der Waals surface area (Å²) in [6.45, 7) is 1.90. The van der Waals surface area contributed by atoms with Gasteiger partial charge in [0.25, 0.3) is 0 Å². The van der Waals surface area contributed by atoms with Crippen LogP contribution in [0.1, 0.15) is 18.4 Å². The molecule has 1 saturated heterocycles. The molecule has 1 N–H and O–H groups in total. The summed E-state index contributed by atoms with van der Waals surface area (Å²) in [5.41, 5.74) is 1.42. The monoisotopic (exact) mass is 345 g/mol. The Bertz CT molecular complexity index is 333. The first-order chi connectivity index (χ1) is 8.28. The molecule has 0 aliphatic carbocycles. The molecule has 0 saturated carbocycles. The largest absolute Gasteiger partial charge is 0.381 e. The van der Waals surface area contributed by atoms with E-state index >= 15 is 0 Å². The molecule has 0 aromatic heterocycles. The molecule has 2 atom stereocenters. The highest BCUT2D eigenvalue weighted by Crippen LogP contribution is 2.20. The molecule has 17 heavy (non-hydrogen) atoms. The number of hydrogen-bond donors (Lipinski definition) is 1. The Kier molecular flexibility index (Phi) is 5.25. The van der Waals surface area contributed by atoms with Crippen LogP contribution in [0, 0.1) is 9.49 Å². The standard InChI is InChI=1S/C14H20INO/c1-16-14(9-12-6-7-17-10-12)8-11-2-4-13(15)5-3-11/h2-5,12,14,16H,6-10H2,1H3. The van der Waals surface area contributed by atoms with Gasteiger partial charge in [-0.2, -0.15) is 0 Å². The Balaban J connectivity index is 1.87. The van der Waals surface area contributed by atoms with Crippen molar-refractivity contribution in [2.24, 2.45) is 5.92 Å². The maximum Gasteiger partial charge on any atom is 0.0495 e. The van der Waals surface area contributed by atoms with Gasteiger partial charge >= 0.3 is 0 Å². The summed E-state index contributed by atoms with van der Waals surface area (Å²) >= 11 is 2.35. The summed E-state index contributed by atoms with van der Waals surface area (Å²) in [5, 5.41) is 3.43. The second-order valence-electron chi connectivity index (χ2n) is 4.78. The van der Waals surface area contributed by atoms with Crippen LogP contribution in [0.4, 0.5) is 0 Å². The summed E-state index contributed by atoms with van der Waals surface area (Å²) in [5.74, 6) is 0.747. The summed E-state index contributed by atoms with van der Waals surface area (Å²) in [6.07, 6.45) is 3.57. The number of halogens is 1. The van der Waals surface area contributed by atoms with Crippen LogP contribution in [0.25, 0.3) is 0 Å². The fourth-order valence-electron chi connectivity index (χ4n) is 2.38. The molecule has 0 spiro atoms. The first kappa shape index (κ1) is 13.3. The summed E-state index contributed by atoms with van der Waals surface area (Å²) in [7, 11) is 2.06. The van der Waals surface area contributed by atoms with Crippen LogP contribution in [-0.2, 0) is 11.2 Å². The van der Waals surface area contributed by atoms with Crippen molar-refractivity contribution in [3.63, 3.8) is 0 Å². The zero-order valence-electron chi connectivity index (χ0n) is 10.3. The van der Waals surface area contributed by atoms with E-state index in [2.05, 4.69) is 59.2 Å². The van der Waals surface area contributed by atoms with Gasteiger partial charge in [0.2, 0.25) is 0 Å². The van der Waals surface area contributed by atoms with Gasteiger partial charge < -0.3 is 10.1 Å². The van der Waals surface area contributed by atoms with E-state index in [4.69, 9.17) is 4.74 Å². The molecule has 0 amide bonds. The van der Waals surface area contributed by atoms with Crippen LogP contribution in [0.2, 0.25) is 0 Å². The molecule has 1 heterocycles. The average Bonchev–Trinajstić information content (AvgIpc) is 2.84. The minimum atomic E-state index is 0.571. The number of likely N-dealkylation sites (N-methyl/N-ethyl adjacent to an activating group) is 1. The number of benzene rings is 1. The van der Waals surface area contributed by atoms with E-state index in [1.165, 1.54) is 22.0 Å². The van der Waals surface area contributed by atoms with Gasteiger partial charge in [-0.15, -0.1) is 0 Å². The first-order valence-corrected chi connectivity index (χ1v) is 7.35. The molecule has 1 aromatic rings. The Morgan fingerprint density at radius 3 is 2.76 bits per heavy atom. The highest BCUT2D eigenvalue weighted by atomic mass is 127. The average molecular weight is 345 g/mol. The van der Waals surface area contributed by atoms with Crippen molar-refractivity contribution in [1.82, 2.24) is 5.32 Å². The molecule has 94 valence electrons. The van der Waals surface area contributed by atoms with Crippen molar-refractivity contribution in [2.45, 2.75) is 25.3 Å². The third kappa shape index (κ3) is 4.23. The van der Waals surface area contributed by atoms with Crippen molar-refractivity contribution < 1.29 is 4.74 Å². The van der Waals surface area contributed by atoms with Gasteiger partial charge in [-0.3, -0.25) is 0 Å². The van der Waals surface area contributed by atoms with Gasteiger partial charge in [0.15, 0.2) is 0 Å². The highest BCUT2D eigenvalue weighted by Gasteiger charge is 2.19. The van der Waals surface area contributed by atoms with Crippen LogP contribution in [-0.4, -0.2) is 26.3 Å². The van der Waals surface area contributed by atoms with Crippen LogP contribution in [0.3, 0.4) is 0 Å². The zero-order chi connectivity index (χ0) is 12.1. The van der Waals surface area contributed by atoms with E-state index < -0.39 is 0 Å². The quantitative estimate of drug-likeness (QED) is 0.829. The molecule has 0 bridgehead atoms. The minimum absolute atomic E-state index is 0.571. The smallest absolute Gasteiger partial charge is 0.0495 e. The summed E-state index contributed by atoms with van der Waals surface area (Å²) in [6, 6.07) is 9.40.